The molecule has 0 saturated heterocycles. The summed E-state index contributed by atoms with van der Waals surface area (Å²) in [5.74, 6) is 0. The van der Waals surface area contributed by atoms with Crippen LogP contribution < -0.4 is 0 Å². The fraction of sp³-hybridized carbons (Fsp3) is 0.278. The Bertz CT molecular complexity index is 628. The molecule has 0 N–H and O–H groups in total. The maximum atomic E-state index is 11.5. The first kappa shape index (κ1) is 14.2. The number of amides is 1. The summed E-state index contributed by atoms with van der Waals surface area (Å²) in [7, 11) is 0. The number of rotatable bonds is 3. The summed E-state index contributed by atoms with van der Waals surface area (Å²) in [4.78, 5) is 14.7. The number of carbonyl (C=O) groups excluding carboxylic acids is 1. The second-order valence-corrected chi connectivity index (χ2v) is 6.66. The van der Waals surface area contributed by atoms with Gasteiger partial charge in [0.2, 0.25) is 6.41 Å². The van der Waals surface area contributed by atoms with Gasteiger partial charge < -0.3 is 4.90 Å². The second-order valence-electron chi connectivity index (χ2n) is 5.45. The van der Waals surface area contributed by atoms with Crippen molar-refractivity contribution >= 4 is 18.2 Å². The van der Waals surface area contributed by atoms with Gasteiger partial charge in [0, 0.05) is 10.9 Å². The van der Waals surface area contributed by atoms with Gasteiger partial charge in [-0.15, -0.1) is 11.8 Å². The van der Waals surface area contributed by atoms with Gasteiger partial charge in [-0.25, -0.2) is 0 Å². The van der Waals surface area contributed by atoms with Gasteiger partial charge in [0.05, 0.1) is 11.3 Å². The molecule has 2 aromatic rings. The van der Waals surface area contributed by atoms with Crippen molar-refractivity contribution < 1.29 is 4.79 Å². The molecule has 3 rings (SSSR count). The molecule has 0 saturated carbocycles. The molecule has 0 fully saturated rings. The van der Waals surface area contributed by atoms with E-state index in [9.17, 15) is 4.79 Å². The highest BCUT2D eigenvalue weighted by atomic mass is 32.2. The van der Waals surface area contributed by atoms with Crippen molar-refractivity contribution in [2.75, 3.05) is 0 Å². The summed E-state index contributed by atoms with van der Waals surface area (Å²) in [6, 6.07) is 19.2. The lowest BCUT2D eigenvalue weighted by Crippen LogP contribution is -2.41. The van der Waals surface area contributed by atoms with Crippen LogP contribution in [-0.2, 0) is 4.79 Å². The van der Waals surface area contributed by atoms with Crippen LogP contribution in [0.15, 0.2) is 59.5 Å². The van der Waals surface area contributed by atoms with Gasteiger partial charge in [-0.3, -0.25) is 4.79 Å². The van der Waals surface area contributed by atoms with Crippen LogP contribution in [0.5, 0.6) is 0 Å². The summed E-state index contributed by atoms with van der Waals surface area (Å²) in [5.41, 5.74) is 2.61. The maximum Gasteiger partial charge on any atom is 0.210 e. The lowest BCUT2D eigenvalue weighted by molar-refractivity contribution is -0.122. The highest BCUT2D eigenvalue weighted by Crippen LogP contribution is 2.47. The SMILES string of the molecule is C[C@H]1c2ccccc2C(Sc2ccccc2)[C@H](C)N1C=O. The Kier molecular flexibility index (Phi) is 4.02. The third kappa shape index (κ3) is 2.58. The molecule has 0 bridgehead atoms. The molecule has 2 aromatic carbocycles. The van der Waals surface area contributed by atoms with E-state index in [1.165, 1.54) is 16.0 Å². The molecule has 2 nitrogen and oxygen atoms in total. The molecule has 0 spiro atoms. The minimum Gasteiger partial charge on any atom is -0.334 e. The normalized spacial score (nSPS) is 24.5. The predicted octanol–water partition coefficient (Wildman–Crippen LogP) is 4.44. The van der Waals surface area contributed by atoms with Gasteiger partial charge in [-0.05, 0) is 37.1 Å². The van der Waals surface area contributed by atoms with Crippen LogP contribution in [0, 0.1) is 0 Å². The van der Waals surface area contributed by atoms with Crippen molar-refractivity contribution in [3.63, 3.8) is 0 Å². The molecule has 3 heteroatoms. The smallest absolute Gasteiger partial charge is 0.210 e. The van der Waals surface area contributed by atoms with Crippen molar-refractivity contribution in [3.05, 3.63) is 65.7 Å². The molecule has 21 heavy (non-hydrogen) atoms. The molecule has 1 heterocycles. The Morgan fingerprint density at radius 3 is 2.24 bits per heavy atom. The summed E-state index contributed by atoms with van der Waals surface area (Å²) in [6.45, 7) is 4.24. The fourth-order valence-corrected chi connectivity index (χ4v) is 4.36. The molecular formula is C18H19NOS. The third-order valence-electron chi connectivity index (χ3n) is 4.24. The zero-order valence-corrected chi connectivity index (χ0v) is 13.1. The van der Waals surface area contributed by atoms with Crippen molar-refractivity contribution in [3.8, 4) is 0 Å². The van der Waals surface area contributed by atoms with E-state index in [2.05, 4.69) is 62.4 Å². The number of fused-ring (bicyclic) bond motifs is 1. The van der Waals surface area contributed by atoms with Gasteiger partial charge in [0.25, 0.3) is 0 Å². The van der Waals surface area contributed by atoms with Crippen LogP contribution >= 0.6 is 11.8 Å². The van der Waals surface area contributed by atoms with Gasteiger partial charge in [-0.1, -0.05) is 42.5 Å². The predicted molar refractivity (Wildman–Crippen MR) is 87.3 cm³/mol. The Hall–Kier alpha value is -1.74. The van der Waals surface area contributed by atoms with Crippen molar-refractivity contribution in [1.82, 2.24) is 4.90 Å². The molecule has 1 unspecified atom stereocenters. The maximum absolute atomic E-state index is 11.5. The molecular weight excluding hydrogens is 278 g/mol. The molecule has 0 radical (unpaired) electrons. The van der Waals surface area contributed by atoms with Crippen molar-refractivity contribution in [1.29, 1.82) is 0 Å². The van der Waals surface area contributed by atoms with Crippen LogP contribution in [0.1, 0.15) is 36.3 Å². The van der Waals surface area contributed by atoms with Gasteiger partial charge in [0.1, 0.15) is 0 Å². The highest BCUT2D eigenvalue weighted by molar-refractivity contribution is 7.99. The zero-order valence-electron chi connectivity index (χ0n) is 12.3. The van der Waals surface area contributed by atoms with E-state index in [0.717, 1.165) is 6.41 Å². The minimum absolute atomic E-state index is 0.140. The molecule has 1 aliphatic heterocycles. The van der Waals surface area contributed by atoms with Crippen molar-refractivity contribution in [2.45, 2.75) is 36.1 Å². The zero-order chi connectivity index (χ0) is 14.8. The van der Waals surface area contributed by atoms with Crippen LogP contribution in [0.4, 0.5) is 0 Å². The first-order valence-corrected chi connectivity index (χ1v) is 8.13. The van der Waals surface area contributed by atoms with E-state index >= 15 is 0 Å². The van der Waals surface area contributed by atoms with E-state index in [-0.39, 0.29) is 17.3 Å². The first-order chi connectivity index (χ1) is 10.2. The van der Waals surface area contributed by atoms with Crippen LogP contribution in [-0.4, -0.2) is 17.4 Å². The molecule has 0 aliphatic carbocycles. The molecule has 1 amide bonds. The average Bonchev–Trinajstić information content (AvgIpc) is 2.53. The second kappa shape index (κ2) is 5.94. The van der Waals surface area contributed by atoms with Crippen molar-refractivity contribution in [2.24, 2.45) is 0 Å². The van der Waals surface area contributed by atoms with E-state index in [0.29, 0.717) is 0 Å². The topological polar surface area (TPSA) is 20.3 Å². The summed E-state index contributed by atoms with van der Waals surface area (Å²) >= 11 is 1.84. The van der Waals surface area contributed by atoms with Crippen LogP contribution in [0.3, 0.4) is 0 Å². The third-order valence-corrected chi connectivity index (χ3v) is 5.68. The number of thioether (sulfide) groups is 1. The summed E-state index contributed by atoms with van der Waals surface area (Å²) in [6.07, 6.45) is 0.990. The average molecular weight is 297 g/mol. The summed E-state index contributed by atoms with van der Waals surface area (Å²) < 4.78 is 0. The standard InChI is InChI=1S/C18H19NOS/c1-13-16-10-6-7-11-17(16)18(14(2)19(13)12-20)21-15-8-4-3-5-9-15/h3-14,18H,1-2H3/t13-,14-,18?/m0/s1. The minimum atomic E-state index is 0.140. The van der Waals surface area contributed by atoms with E-state index in [1.54, 1.807) is 0 Å². The lowest BCUT2D eigenvalue weighted by Gasteiger charge is -2.42. The molecule has 1 aliphatic rings. The Morgan fingerprint density at radius 2 is 1.57 bits per heavy atom. The van der Waals surface area contributed by atoms with E-state index in [1.807, 2.05) is 22.7 Å². The number of carbonyl (C=O) groups is 1. The Morgan fingerprint density at radius 1 is 0.952 bits per heavy atom. The largest absolute Gasteiger partial charge is 0.334 e. The Balaban J connectivity index is 2.01. The monoisotopic (exact) mass is 297 g/mol. The molecule has 3 atom stereocenters. The number of nitrogens with zero attached hydrogens (tertiary/aromatic N) is 1. The summed E-state index contributed by atoms with van der Waals surface area (Å²) in [5, 5.41) is 0.269. The fourth-order valence-electron chi connectivity index (χ4n) is 3.07. The molecule has 0 aromatic heterocycles. The van der Waals surface area contributed by atoms with Crippen LogP contribution in [0.2, 0.25) is 0 Å². The Labute approximate surface area is 130 Å². The molecule has 108 valence electrons. The highest BCUT2D eigenvalue weighted by Gasteiger charge is 2.36. The van der Waals surface area contributed by atoms with Gasteiger partial charge >= 0.3 is 0 Å². The lowest BCUT2D eigenvalue weighted by atomic mass is 9.89. The van der Waals surface area contributed by atoms with E-state index < -0.39 is 0 Å². The number of benzene rings is 2. The van der Waals surface area contributed by atoms with E-state index in [4.69, 9.17) is 0 Å². The number of hydrogen-bond acceptors (Lipinski definition) is 2. The van der Waals surface area contributed by atoms with Crippen LogP contribution in [0.25, 0.3) is 0 Å². The number of hydrogen-bond donors (Lipinski definition) is 0. The quantitative estimate of drug-likeness (QED) is 0.781. The first-order valence-electron chi connectivity index (χ1n) is 7.25. The van der Waals surface area contributed by atoms with Gasteiger partial charge in [-0.2, -0.15) is 0 Å². The van der Waals surface area contributed by atoms with Gasteiger partial charge in [0.15, 0.2) is 0 Å².